The molecule has 0 aliphatic carbocycles. The van der Waals surface area contributed by atoms with Crippen molar-refractivity contribution in [1.82, 2.24) is 4.90 Å². The topological polar surface area (TPSA) is 49.4 Å². The number of carbonyl (C=O) groups is 2. The fourth-order valence-electron chi connectivity index (χ4n) is 1.83. The SMILES string of the molecule is CN1C(=O)c2ccc(NCCSC(F)(F)F)cc2C1=O. The van der Waals surface area contributed by atoms with Crippen LogP contribution in [0.4, 0.5) is 18.9 Å². The third-order valence-electron chi connectivity index (χ3n) is 2.79. The molecule has 1 heterocycles. The van der Waals surface area contributed by atoms with Gasteiger partial charge in [0.15, 0.2) is 0 Å². The summed E-state index contributed by atoms with van der Waals surface area (Å²) in [7, 11) is 1.39. The fraction of sp³-hybridized carbons (Fsp3) is 0.333. The van der Waals surface area contributed by atoms with Crippen LogP contribution < -0.4 is 5.32 Å². The van der Waals surface area contributed by atoms with Crippen LogP contribution in [-0.2, 0) is 0 Å². The Labute approximate surface area is 117 Å². The molecule has 0 atom stereocenters. The molecule has 0 bridgehead atoms. The minimum absolute atomic E-state index is 0.112. The molecule has 0 fully saturated rings. The summed E-state index contributed by atoms with van der Waals surface area (Å²) in [4.78, 5) is 24.4. The molecule has 108 valence electrons. The first-order valence-electron chi connectivity index (χ1n) is 5.70. The molecule has 1 aliphatic heterocycles. The smallest absolute Gasteiger partial charge is 0.384 e. The Balaban J connectivity index is 1.99. The summed E-state index contributed by atoms with van der Waals surface area (Å²) in [6.07, 6.45) is 0. The quantitative estimate of drug-likeness (QED) is 0.686. The normalized spacial score (nSPS) is 14.7. The lowest BCUT2D eigenvalue weighted by atomic mass is 10.1. The largest absolute Gasteiger partial charge is 0.441 e. The summed E-state index contributed by atoms with van der Waals surface area (Å²) in [5, 5.41) is 2.79. The van der Waals surface area contributed by atoms with Crippen molar-refractivity contribution in [3.05, 3.63) is 29.3 Å². The van der Waals surface area contributed by atoms with Crippen molar-refractivity contribution < 1.29 is 22.8 Å². The Morgan fingerprint density at radius 3 is 2.50 bits per heavy atom. The Bertz CT molecular complexity index is 560. The highest BCUT2D eigenvalue weighted by atomic mass is 32.2. The van der Waals surface area contributed by atoms with Gasteiger partial charge in [-0.1, -0.05) is 0 Å². The van der Waals surface area contributed by atoms with Gasteiger partial charge in [0.25, 0.3) is 11.8 Å². The van der Waals surface area contributed by atoms with Gasteiger partial charge in [-0.3, -0.25) is 14.5 Å². The van der Waals surface area contributed by atoms with E-state index < -0.39 is 11.4 Å². The number of fused-ring (bicyclic) bond motifs is 1. The second-order valence-electron chi connectivity index (χ2n) is 4.15. The molecule has 0 radical (unpaired) electrons. The van der Waals surface area contributed by atoms with Crippen molar-refractivity contribution in [2.24, 2.45) is 0 Å². The predicted octanol–water partition coefficient (Wildman–Crippen LogP) is 2.58. The highest BCUT2D eigenvalue weighted by Crippen LogP contribution is 2.30. The van der Waals surface area contributed by atoms with Crippen LogP contribution >= 0.6 is 11.8 Å². The van der Waals surface area contributed by atoms with Gasteiger partial charge in [0.05, 0.1) is 11.1 Å². The highest BCUT2D eigenvalue weighted by Gasteiger charge is 2.32. The van der Waals surface area contributed by atoms with E-state index in [-0.39, 0.29) is 35.5 Å². The number of hydrogen-bond acceptors (Lipinski definition) is 4. The maximum Gasteiger partial charge on any atom is 0.441 e. The van der Waals surface area contributed by atoms with E-state index >= 15 is 0 Å². The number of rotatable bonds is 4. The lowest BCUT2D eigenvalue weighted by Crippen LogP contribution is -2.24. The first-order chi connectivity index (χ1) is 9.29. The zero-order valence-electron chi connectivity index (χ0n) is 10.5. The van der Waals surface area contributed by atoms with Crippen molar-refractivity contribution in [2.75, 3.05) is 24.7 Å². The summed E-state index contributed by atoms with van der Waals surface area (Å²) >= 11 is -0.112. The average molecular weight is 304 g/mol. The van der Waals surface area contributed by atoms with Crippen molar-refractivity contribution in [1.29, 1.82) is 0 Å². The van der Waals surface area contributed by atoms with E-state index in [0.29, 0.717) is 11.3 Å². The average Bonchev–Trinajstić information content (AvgIpc) is 2.59. The van der Waals surface area contributed by atoms with Crippen molar-refractivity contribution in [2.45, 2.75) is 5.51 Å². The van der Waals surface area contributed by atoms with Gasteiger partial charge in [-0.25, -0.2) is 0 Å². The third kappa shape index (κ3) is 3.06. The molecule has 0 saturated heterocycles. The lowest BCUT2D eigenvalue weighted by molar-refractivity contribution is -0.0327. The Morgan fingerprint density at radius 1 is 1.20 bits per heavy atom. The van der Waals surface area contributed by atoms with Gasteiger partial charge in [0, 0.05) is 25.0 Å². The molecule has 0 saturated carbocycles. The molecule has 2 rings (SSSR count). The van der Waals surface area contributed by atoms with Crippen molar-refractivity contribution in [3.63, 3.8) is 0 Å². The molecule has 0 aromatic heterocycles. The van der Waals surface area contributed by atoms with Crippen LogP contribution in [0, 0.1) is 0 Å². The minimum Gasteiger partial charge on any atom is -0.384 e. The molecular weight excluding hydrogens is 293 g/mol. The molecule has 0 unspecified atom stereocenters. The van der Waals surface area contributed by atoms with Gasteiger partial charge in [0.1, 0.15) is 0 Å². The minimum atomic E-state index is -4.25. The number of benzene rings is 1. The van der Waals surface area contributed by atoms with Crippen LogP contribution in [0.25, 0.3) is 0 Å². The molecule has 1 aromatic rings. The molecule has 20 heavy (non-hydrogen) atoms. The van der Waals surface area contributed by atoms with Gasteiger partial charge >= 0.3 is 5.51 Å². The van der Waals surface area contributed by atoms with E-state index in [2.05, 4.69) is 5.32 Å². The molecule has 1 aliphatic rings. The number of hydrogen-bond donors (Lipinski definition) is 1. The maximum absolute atomic E-state index is 11.9. The van der Waals surface area contributed by atoms with E-state index in [4.69, 9.17) is 0 Å². The van der Waals surface area contributed by atoms with Crippen LogP contribution in [0.1, 0.15) is 20.7 Å². The first kappa shape index (κ1) is 14.7. The summed E-state index contributed by atoms with van der Waals surface area (Å²) in [5.74, 6) is -0.907. The van der Waals surface area contributed by atoms with Crippen molar-refractivity contribution >= 4 is 29.3 Å². The number of nitrogens with zero attached hydrogens (tertiary/aromatic N) is 1. The maximum atomic E-state index is 11.9. The molecule has 1 N–H and O–H groups in total. The predicted molar refractivity (Wildman–Crippen MR) is 69.9 cm³/mol. The Kier molecular flexibility index (Phi) is 3.94. The molecule has 0 spiro atoms. The third-order valence-corrected chi connectivity index (χ3v) is 3.52. The van der Waals surface area contributed by atoms with Crippen molar-refractivity contribution in [3.8, 4) is 0 Å². The van der Waals surface area contributed by atoms with E-state index in [9.17, 15) is 22.8 Å². The van der Waals surface area contributed by atoms with Crippen LogP contribution in [-0.4, -0.2) is 41.6 Å². The summed E-state index contributed by atoms with van der Waals surface area (Å²) in [6.45, 7) is 0.112. The number of imide groups is 1. The second kappa shape index (κ2) is 5.35. The molecular formula is C12H11F3N2O2S. The monoisotopic (exact) mass is 304 g/mol. The van der Waals surface area contributed by atoms with Gasteiger partial charge in [-0.2, -0.15) is 13.2 Å². The van der Waals surface area contributed by atoms with E-state index in [1.54, 1.807) is 6.07 Å². The number of nitrogens with one attached hydrogen (secondary N) is 1. The van der Waals surface area contributed by atoms with Crippen LogP contribution in [0.15, 0.2) is 18.2 Å². The summed E-state index contributed by atoms with van der Waals surface area (Å²) in [6, 6.07) is 4.55. The van der Waals surface area contributed by atoms with Gasteiger partial charge in [-0.15, -0.1) is 0 Å². The zero-order chi connectivity index (χ0) is 14.9. The van der Waals surface area contributed by atoms with Gasteiger partial charge in [0.2, 0.25) is 0 Å². The van der Waals surface area contributed by atoms with Crippen LogP contribution in [0.2, 0.25) is 0 Å². The molecule has 8 heteroatoms. The van der Waals surface area contributed by atoms with E-state index in [1.807, 2.05) is 0 Å². The summed E-state index contributed by atoms with van der Waals surface area (Å²) in [5.41, 5.74) is -3.15. The lowest BCUT2D eigenvalue weighted by Gasteiger charge is -2.08. The Morgan fingerprint density at radius 2 is 1.85 bits per heavy atom. The van der Waals surface area contributed by atoms with Gasteiger partial charge < -0.3 is 5.32 Å². The Hall–Kier alpha value is -1.70. The number of amides is 2. The molecule has 2 amide bonds. The summed E-state index contributed by atoms with van der Waals surface area (Å²) < 4.78 is 35.8. The fourth-order valence-corrected chi connectivity index (χ4v) is 2.27. The van der Waals surface area contributed by atoms with Crippen LogP contribution in [0.5, 0.6) is 0 Å². The first-order valence-corrected chi connectivity index (χ1v) is 6.69. The number of halogens is 3. The molecule has 4 nitrogen and oxygen atoms in total. The highest BCUT2D eigenvalue weighted by molar-refractivity contribution is 8.00. The van der Waals surface area contributed by atoms with Gasteiger partial charge in [-0.05, 0) is 30.0 Å². The van der Waals surface area contributed by atoms with Crippen LogP contribution in [0.3, 0.4) is 0 Å². The van der Waals surface area contributed by atoms with E-state index in [1.165, 1.54) is 19.2 Å². The number of thioether (sulfide) groups is 1. The molecule has 1 aromatic carbocycles. The number of alkyl halides is 3. The number of carbonyl (C=O) groups excluding carboxylic acids is 2. The standard InChI is InChI=1S/C12H11F3N2O2S/c1-17-10(18)8-3-2-7(6-9(8)11(17)19)16-4-5-20-12(13,14)15/h2-3,6,16H,4-5H2,1H3. The number of anilines is 1. The zero-order valence-corrected chi connectivity index (χ0v) is 11.3. The van der Waals surface area contributed by atoms with E-state index in [0.717, 1.165) is 4.90 Å². The second-order valence-corrected chi connectivity index (χ2v) is 5.31.